The molecule has 9 nitrogen and oxygen atoms in total. The third-order valence-electron chi connectivity index (χ3n) is 4.76. The van der Waals surface area contributed by atoms with Crippen LogP contribution in [0.4, 0.5) is 0 Å². The lowest BCUT2D eigenvalue weighted by atomic mass is 10.1. The van der Waals surface area contributed by atoms with Gasteiger partial charge >= 0.3 is 5.91 Å². The summed E-state index contributed by atoms with van der Waals surface area (Å²) in [6.45, 7) is 7.89. The summed E-state index contributed by atoms with van der Waals surface area (Å²) in [5.41, 5.74) is 4.68. The van der Waals surface area contributed by atoms with E-state index in [9.17, 15) is 9.59 Å². The number of hydrogen-bond acceptors (Lipinski definition) is 6. The molecule has 3 heterocycles. The van der Waals surface area contributed by atoms with E-state index >= 15 is 0 Å². The van der Waals surface area contributed by atoms with Gasteiger partial charge in [0, 0.05) is 6.54 Å². The number of amides is 2. The topological polar surface area (TPSA) is 106 Å². The van der Waals surface area contributed by atoms with Crippen LogP contribution in [0.1, 0.15) is 35.6 Å². The molecule has 3 N–H and O–H groups in total. The van der Waals surface area contributed by atoms with Crippen LogP contribution in [-0.2, 0) is 17.8 Å². The predicted octanol–water partition coefficient (Wildman–Crippen LogP) is 0.222. The van der Waals surface area contributed by atoms with Gasteiger partial charge in [0.05, 0.1) is 38.1 Å². The Morgan fingerprint density at radius 2 is 2.10 bits per heavy atom. The molecule has 3 rings (SSSR count). The highest BCUT2D eigenvalue weighted by molar-refractivity contribution is 7.99. The van der Waals surface area contributed by atoms with Gasteiger partial charge < -0.3 is 13.9 Å². The Morgan fingerprint density at radius 1 is 1.28 bits per heavy atom. The maximum Gasteiger partial charge on any atom is 0.305 e. The third-order valence-corrected chi connectivity index (χ3v) is 5.73. The van der Waals surface area contributed by atoms with E-state index in [2.05, 4.69) is 27.6 Å². The Bertz CT molecular complexity index is 814. The Balaban J connectivity index is 1.48. The number of thioether (sulfide) groups is 1. The van der Waals surface area contributed by atoms with E-state index in [-0.39, 0.29) is 17.4 Å². The second-order valence-corrected chi connectivity index (χ2v) is 7.82. The molecule has 2 aromatic heterocycles. The first kappa shape index (κ1) is 21.1. The van der Waals surface area contributed by atoms with Gasteiger partial charge in [0.2, 0.25) is 5.91 Å². The van der Waals surface area contributed by atoms with E-state index < -0.39 is 5.91 Å². The minimum absolute atomic E-state index is 0.102. The van der Waals surface area contributed by atoms with Crippen LogP contribution in [0.25, 0.3) is 0 Å². The molecule has 2 amide bonds. The van der Waals surface area contributed by atoms with E-state index in [4.69, 9.17) is 4.42 Å². The van der Waals surface area contributed by atoms with Gasteiger partial charge in [0.25, 0.3) is 0 Å². The van der Waals surface area contributed by atoms with Gasteiger partial charge in [-0.25, -0.2) is 0 Å². The average molecular weight is 420 g/mol. The fourth-order valence-electron chi connectivity index (χ4n) is 3.28. The number of rotatable bonds is 9. The van der Waals surface area contributed by atoms with Crippen molar-refractivity contribution in [3.05, 3.63) is 42.6 Å². The number of hydrogen-bond donors (Lipinski definition) is 3. The monoisotopic (exact) mass is 419 g/mol. The van der Waals surface area contributed by atoms with Crippen LogP contribution in [0, 0.1) is 0 Å². The van der Waals surface area contributed by atoms with Crippen molar-refractivity contribution in [1.82, 2.24) is 25.6 Å². The van der Waals surface area contributed by atoms with Crippen LogP contribution in [-0.4, -0.2) is 52.0 Å². The zero-order valence-electron chi connectivity index (χ0n) is 16.4. The lowest BCUT2D eigenvalue weighted by molar-refractivity contribution is -0.904. The fourth-order valence-corrected chi connectivity index (χ4v) is 4.04. The van der Waals surface area contributed by atoms with Gasteiger partial charge in [-0.2, -0.15) is 0 Å². The van der Waals surface area contributed by atoms with Crippen molar-refractivity contribution in [3.8, 4) is 0 Å². The molecular weight excluding hydrogens is 392 g/mol. The summed E-state index contributed by atoms with van der Waals surface area (Å²) >= 11 is 1.27. The maximum atomic E-state index is 12.0. The van der Waals surface area contributed by atoms with Crippen molar-refractivity contribution in [2.45, 2.75) is 37.4 Å². The fraction of sp³-hybridized carbons (Fsp3) is 0.474. The van der Waals surface area contributed by atoms with Crippen LogP contribution in [0.2, 0.25) is 0 Å². The molecular formula is C19H27N6O3S+. The largest absolute Gasteiger partial charge is 0.459 e. The zero-order valence-corrected chi connectivity index (χ0v) is 17.2. The van der Waals surface area contributed by atoms with Crippen molar-refractivity contribution in [2.24, 2.45) is 0 Å². The number of nitrogens with zero attached hydrogens (tertiary/aromatic N) is 3. The highest BCUT2D eigenvalue weighted by atomic mass is 32.2. The molecule has 1 aliphatic rings. The Morgan fingerprint density at radius 3 is 2.83 bits per heavy atom. The first-order valence-electron chi connectivity index (χ1n) is 9.79. The Kier molecular flexibility index (Phi) is 7.88. The molecule has 10 heteroatoms. The van der Waals surface area contributed by atoms with Crippen LogP contribution in [0.3, 0.4) is 0 Å². The zero-order chi connectivity index (χ0) is 20.5. The van der Waals surface area contributed by atoms with Crippen LogP contribution >= 0.6 is 11.8 Å². The normalized spacial score (nSPS) is 14.5. The molecule has 0 unspecified atom stereocenters. The summed E-state index contributed by atoms with van der Waals surface area (Å²) in [5.74, 6) is 0.291. The highest BCUT2D eigenvalue weighted by Crippen LogP contribution is 2.17. The number of carbonyl (C=O) groups is 2. The minimum Gasteiger partial charge on any atom is -0.459 e. The van der Waals surface area contributed by atoms with E-state index in [0.717, 1.165) is 18.8 Å². The summed E-state index contributed by atoms with van der Waals surface area (Å²) in [4.78, 5) is 25.4. The van der Waals surface area contributed by atoms with E-state index in [1.165, 1.54) is 56.4 Å². The van der Waals surface area contributed by atoms with Gasteiger partial charge in [-0.1, -0.05) is 17.8 Å². The van der Waals surface area contributed by atoms with Crippen molar-refractivity contribution in [2.75, 3.05) is 25.4 Å². The number of furan rings is 1. The van der Waals surface area contributed by atoms with Crippen molar-refractivity contribution < 1.29 is 18.9 Å². The smallest absolute Gasteiger partial charge is 0.305 e. The Hall–Kier alpha value is -2.59. The molecule has 0 atom stereocenters. The van der Waals surface area contributed by atoms with Crippen molar-refractivity contribution in [3.63, 3.8) is 0 Å². The highest BCUT2D eigenvalue weighted by Gasteiger charge is 2.18. The van der Waals surface area contributed by atoms with E-state index in [0.29, 0.717) is 11.7 Å². The lowest BCUT2D eigenvalue weighted by Gasteiger charge is -2.23. The molecule has 29 heavy (non-hydrogen) atoms. The number of allylic oxidation sites excluding steroid dienone is 1. The first-order chi connectivity index (χ1) is 14.2. The number of hydrazine groups is 1. The molecule has 1 saturated heterocycles. The van der Waals surface area contributed by atoms with Crippen LogP contribution in [0.15, 0.2) is 40.6 Å². The molecule has 1 aliphatic heterocycles. The number of aromatic nitrogens is 3. The first-order valence-corrected chi connectivity index (χ1v) is 10.8. The molecule has 0 bridgehead atoms. The molecule has 1 fully saturated rings. The predicted molar refractivity (Wildman–Crippen MR) is 108 cm³/mol. The van der Waals surface area contributed by atoms with Gasteiger partial charge in [-0.3, -0.25) is 20.4 Å². The average Bonchev–Trinajstić information content (AvgIpc) is 3.41. The summed E-state index contributed by atoms with van der Waals surface area (Å²) in [7, 11) is 0. The minimum atomic E-state index is -0.509. The molecule has 0 spiro atoms. The number of quaternary nitrogens is 1. The van der Waals surface area contributed by atoms with E-state index in [1.807, 2.05) is 4.57 Å². The second kappa shape index (κ2) is 10.8. The number of nitrogens with one attached hydrogen (secondary N) is 3. The number of likely N-dealkylation sites (tertiary alicyclic amines) is 1. The van der Waals surface area contributed by atoms with Gasteiger partial charge in [0.15, 0.2) is 10.9 Å². The lowest BCUT2D eigenvalue weighted by Crippen LogP contribution is -3.13. The summed E-state index contributed by atoms with van der Waals surface area (Å²) in [6, 6.07) is 3.12. The number of carbonyl (C=O) groups excluding carboxylic acids is 2. The van der Waals surface area contributed by atoms with Crippen molar-refractivity contribution >= 4 is 23.6 Å². The number of piperidine rings is 1. The van der Waals surface area contributed by atoms with E-state index in [1.54, 1.807) is 17.0 Å². The van der Waals surface area contributed by atoms with Crippen LogP contribution < -0.4 is 15.8 Å². The summed E-state index contributed by atoms with van der Waals surface area (Å²) in [6.07, 6.45) is 7.96. The van der Waals surface area contributed by atoms with Gasteiger partial charge in [-0.15, -0.1) is 16.8 Å². The second-order valence-electron chi connectivity index (χ2n) is 6.88. The van der Waals surface area contributed by atoms with Gasteiger partial charge in [-0.05, 0) is 31.4 Å². The SMILES string of the molecule is C=CCn1c(CC[NH+]2CCCCC2)nnc1SCC(=O)NNC(=O)c1ccco1. The third kappa shape index (κ3) is 6.20. The maximum absolute atomic E-state index is 12.0. The molecule has 0 saturated carbocycles. The molecule has 0 aromatic carbocycles. The Labute approximate surface area is 173 Å². The van der Waals surface area contributed by atoms with Crippen molar-refractivity contribution in [1.29, 1.82) is 0 Å². The quantitative estimate of drug-likeness (QED) is 0.305. The standard InChI is InChI=1S/C19H26N6O3S/c1-2-9-25-16(8-12-24-10-4-3-5-11-24)20-23-19(25)29-14-17(26)21-22-18(27)15-7-6-13-28-15/h2,6-7,13H,1,3-5,8-12,14H2,(H,21,26)(H,22,27)/p+1. The summed E-state index contributed by atoms with van der Waals surface area (Å²) < 4.78 is 6.96. The molecule has 0 radical (unpaired) electrons. The molecule has 156 valence electrons. The molecule has 2 aromatic rings. The van der Waals surface area contributed by atoms with Gasteiger partial charge in [0.1, 0.15) is 5.82 Å². The van der Waals surface area contributed by atoms with Crippen LogP contribution in [0.5, 0.6) is 0 Å². The molecule has 0 aliphatic carbocycles. The summed E-state index contributed by atoms with van der Waals surface area (Å²) in [5, 5.41) is 9.23.